The summed E-state index contributed by atoms with van der Waals surface area (Å²) in [4.78, 5) is 0.266. The highest BCUT2D eigenvalue weighted by atomic mass is 32.2. The summed E-state index contributed by atoms with van der Waals surface area (Å²) in [6.07, 6.45) is 3.57. The van der Waals surface area contributed by atoms with Crippen LogP contribution in [0.25, 0.3) is 0 Å². The molecule has 0 aliphatic heterocycles. The predicted octanol–water partition coefficient (Wildman–Crippen LogP) is 4.14. The molecule has 0 unspecified atom stereocenters. The van der Waals surface area contributed by atoms with E-state index in [0.717, 1.165) is 36.8 Å². The third-order valence-corrected chi connectivity index (χ3v) is 3.41. The Morgan fingerprint density at radius 2 is 1.89 bits per heavy atom. The van der Waals surface area contributed by atoms with Gasteiger partial charge in [-0.1, -0.05) is 13.0 Å². The van der Waals surface area contributed by atoms with Gasteiger partial charge in [-0.15, -0.1) is 0 Å². The van der Waals surface area contributed by atoms with E-state index in [1.54, 1.807) is 12.1 Å². The zero-order valence-corrected chi connectivity index (χ0v) is 11.2. The molecular weight excluding hydrogens is 259 g/mol. The maximum atomic E-state index is 12.3. The molecule has 2 N–H and O–H groups in total. The van der Waals surface area contributed by atoms with Gasteiger partial charge in [-0.25, -0.2) is 0 Å². The lowest BCUT2D eigenvalue weighted by Crippen LogP contribution is -2.02. The molecule has 0 saturated carbocycles. The SMILES string of the molecule is CCc1cc(SC(F)(F)F)ccc1CCCCN. The average molecular weight is 277 g/mol. The number of benzene rings is 1. The molecule has 0 radical (unpaired) electrons. The van der Waals surface area contributed by atoms with Crippen molar-refractivity contribution < 1.29 is 13.2 Å². The molecular formula is C13H18F3NS. The van der Waals surface area contributed by atoms with Crippen LogP contribution in [0, 0.1) is 0 Å². The molecule has 0 atom stereocenters. The van der Waals surface area contributed by atoms with E-state index in [4.69, 9.17) is 5.73 Å². The molecule has 5 heteroatoms. The summed E-state index contributed by atoms with van der Waals surface area (Å²) in [7, 11) is 0. The van der Waals surface area contributed by atoms with Gasteiger partial charge < -0.3 is 5.73 Å². The second kappa shape index (κ2) is 7.04. The van der Waals surface area contributed by atoms with Crippen molar-refractivity contribution in [2.75, 3.05) is 6.54 Å². The third kappa shape index (κ3) is 5.31. The van der Waals surface area contributed by atoms with E-state index in [1.807, 2.05) is 13.0 Å². The molecule has 0 amide bonds. The van der Waals surface area contributed by atoms with E-state index < -0.39 is 5.51 Å². The number of rotatable bonds is 6. The second-order valence-corrected chi connectivity index (χ2v) is 5.22. The number of aryl methyl sites for hydroxylation is 2. The highest BCUT2D eigenvalue weighted by Crippen LogP contribution is 2.37. The normalized spacial score (nSPS) is 11.8. The molecule has 1 nitrogen and oxygen atoms in total. The summed E-state index contributed by atoms with van der Waals surface area (Å²) in [5.41, 5.74) is 3.35. The standard InChI is InChI=1S/C13H18F3NS/c1-2-10-9-12(18-13(14,15)16)7-6-11(10)5-3-4-8-17/h6-7,9H,2-5,8,17H2,1H3. The fourth-order valence-corrected chi connectivity index (χ4v) is 2.44. The lowest BCUT2D eigenvalue weighted by atomic mass is 10.0. The van der Waals surface area contributed by atoms with E-state index >= 15 is 0 Å². The number of hydrogen-bond donors (Lipinski definition) is 1. The number of halogens is 3. The van der Waals surface area contributed by atoms with Gasteiger partial charge in [-0.05, 0) is 67.2 Å². The lowest BCUT2D eigenvalue weighted by Gasteiger charge is -2.11. The molecule has 0 aliphatic carbocycles. The van der Waals surface area contributed by atoms with Crippen molar-refractivity contribution in [2.45, 2.75) is 43.0 Å². The minimum atomic E-state index is -4.22. The Bertz CT molecular complexity index is 377. The molecule has 102 valence electrons. The van der Waals surface area contributed by atoms with Gasteiger partial charge in [0, 0.05) is 4.90 Å². The van der Waals surface area contributed by atoms with Crippen LogP contribution in [0.5, 0.6) is 0 Å². The fraction of sp³-hybridized carbons (Fsp3) is 0.538. The summed E-state index contributed by atoms with van der Waals surface area (Å²) in [6, 6.07) is 5.01. The van der Waals surface area contributed by atoms with Crippen LogP contribution >= 0.6 is 11.8 Å². The van der Waals surface area contributed by atoms with Crippen molar-refractivity contribution >= 4 is 11.8 Å². The van der Waals surface area contributed by atoms with Gasteiger partial charge in [-0.2, -0.15) is 13.2 Å². The number of hydrogen-bond acceptors (Lipinski definition) is 2. The van der Waals surface area contributed by atoms with Crippen molar-refractivity contribution in [3.63, 3.8) is 0 Å². The van der Waals surface area contributed by atoms with E-state index in [0.29, 0.717) is 6.54 Å². The number of thioether (sulfide) groups is 1. The van der Waals surface area contributed by atoms with Gasteiger partial charge >= 0.3 is 5.51 Å². The second-order valence-electron chi connectivity index (χ2n) is 4.08. The third-order valence-electron chi connectivity index (χ3n) is 2.69. The molecule has 0 heterocycles. The van der Waals surface area contributed by atoms with Crippen molar-refractivity contribution in [3.05, 3.63) is 29.3 Å². The van der Waals surface area contributed by atoms with Crippen LogP contribution in [0.1, 0.15) is 30.9 Å². The molecule has 0 spiro atoms. The first-order valence-corrected chi connectivity index (χ1v) is 6.85. The van der Waals surface area contributed by atoms with E-state index in [9.17, 15) is 13.2 Å². The average Bonchev–Trinajstić information content (AvgIpc) is 2.29. The Balaban J connectivity index is 2.76. The fourth-order valence-electron chi connectivity index (χ4n) is 1.83. The smallest absolute Gasteiger partial charge is 0.330 e. The first kappa shape index (κ1) is 15.4. The summed E-state index contributed by atoms with van der Waals surface area (Å²) < 4.78 is 36.8. The zero-order valence-electron chi connectivity index (χ0n) is 10.4. The Kier molecular flexibility index (Phi) is 6.02. The molecule has 0 bridgehead atoms. The molecule has 0 aliphatic rings. The summed E-state index contributed by atoms with van der Waals surface area (Å²) in [5.74, 6) is 0. The highest BCUT2D eigenvalue weighted by molar-refractivity contribution is 8.00. The van der Waals surface area contributed by atoms with Crippen LogP contribution in [0.3, 0.4) is 0 Å². The van der Waals surface area contributed by atoms with E-state index in [1.165, 1.54) is 0 Å². The summed E-state index contributed by atoms with van der Waals surface area (Å²) >= 11 is -0.0527. The Morgan fingerprint density at radius 3 is 2.44 bits per heavy atom. The van der Waals surface area contributed by atoms with Gasteiger partial charge in [0.15, 0.2) is 0 Å². The molecule has 1 rings (SSSR count). The number of unbranched alkanes of at least 4 members (excludes halogenated alkanes) is 1. The van der Waals surface area contributed by atoms with Gasteiger partial charge in [-0.3, -0.25) is 0 Å². The van der Waals surface area contributed by atoms with E-state index in [-0.39, 0.29) is 16.7 Å². The van der Waals surface area contributed by atoms with Crippen LogP contribution in [0.15, 0.2) is 23.1 Å². The minimum absolute atomic E-state index is 0.0527. The Labute approximate surface area is 110 Å². The Hall–Kier alpha value is -0.680. The highest BCUT2D eigenvalue weighted by Gasteiger charge is 2.29. The largest absolute Gasteiger partial charge is 0.446 e. The molecule has 18 heavy (non-hydrogen) atoms. The van der Waals surface area contributed by atoms with Gasteiger partial charge in [0.2, 0.25) is 0 Å². The zero-order chi connectivity index (χ0) is 13.6. The molecule has 1 aromatic rings. The summed E-state index contributed by atoms with van der Waals surface area (Å²) in [6.45, 7) is 2.62. The van der Waals surface area contributed by atoms with Gasteiger partial charge in [0.05, 0.1) is 0 Å². The quantitative estimate of drug-likeness (QED) is 0.624. The van der Waals surface area contributed by atoms with Crippen molar-refractivity contribution in [1.82, 2.24) is 0 Å². The number of alkyl halides is 3. The van der Waals surface area contributed by atoms with Crippen LogP contribution < -0.4 is 5.73 Å². The van der Waals surface area contributed by atoms with Crippen LogP contribution in [-0.2, 0) is 12.8 Å². The predicted molar refractivity (Wildman–Crippen MR) is 69.7 cm³/mol. The van der Waals surface area contributed by atoms with Crippen molar-refractivity contribution in [1.29, 1.82) is 0 Å². The lowest BCUT2D eigenvalue weighted by molar-refractivity contribution is -0.0328. The molecule has 1 aromatic carbocycles. The topological polar surface area (TPSA) is 26.0 Å². The van der Waals surface area contributed by atoms with Crippen LogP contribution in [0.2, 0.25) is 0 Å². The maximum absolute atomic E-state index is 12.3. The monoisotopic (exact) mass is 277 g/mol. The minimum Gasteiger partial charge on any atom is -0.330 e. The first-order chi connectivity index (χ1) is 8.46. The Morgan fingerprint density at radius 1 is 1.17 bits per heavy atom. The van der Waals surface area contributed by atoms with Crippen LogP contribution in [-0.4, -0.2) is 12.1 Å². The molecule has 0 aromatic heterocycles. The van der Waals surface area contributed by atoms with Crippen molar-refractivity contribution in [3.8, 4) is 0 Å². The maximum Gasteiger partial charge on any atom is 0.446 e. The van der Waals surface area contributed by atoms with Gasteiger partial charge in [0.1, 0.15) is 0 Å². The molecule has 0 fully saturated rings. The summed E-state index contributed by atoms with van der Waals surface area (Å²) in [5, 5.41) is 0. The van der Waals surface area contributed by atoms with Gasteiger partial charge in [0.25, 0.3) is 0 Å². The van der Waals surface area contributed by atoms with Crippen LogP contribution in [0.4, 0.5) is 13.2 Å². The number of nitrogens with two attached hydrogens (primary N) is 1. The molecule has 0 saturated heterocycles. The van der Waals surface area contributed by atoms with E-state index in [2.05, 4.69) is 0 Å². The van der Waals surface area contributed by atoms with Crippen molar-refractivity contribution in [2.24, 2.45) is 5.73 Å². The first-order valence-electron chi connectivity index (χ1n) is 6.04.